The maximum absolute atomic E-state index is 13.0. The van der Waals surface area contributed by atoms with Crippen LogP contribution in [0.5, 0.6) is 0 Å². The number of nitrogens with zero attached hydrogens (tertiary/aromatic N) is 6. The minimum Gasteiger partial charge on any atom is -0.404 e. The molecule has 2 fully saturated rings. The van der Waals surface area contributed by atoms with Crippen LogP contribution in [0.2, 0.25) is 0 Å². The molecule has 0 unspecified atom stereocenters. The summed E-state index contributed by atoms with van der Waals surface area (Å²) in [6, 6.07) is 4.29. The van der Waals surface area contributed by atoms with Gasteiger partial charge in [-0.2, -0.15) is 0 Å². The van der Waals surface area contributed by atoms with Gasteiger partial charge in [0.1, 0.15) is 23.2 Å². The van der Waals surface area contributed by atoms with Crippen LogP contribution in [0.25, 0.3) is 0 Å². The van der Waals surface area contributed by atoms with Crippen LogP contribution in [-0.4, -0.2) is 84.3 Å². The van der Waals surface area contributed by atoms with Crippen LogP contribution in [0.1, 0.15) is 52.4 Å². The Morgan fingerprint density at radius 1 is 1.23 bits per heavy atom. The Morgan fingerprint density at radius 3 is 2.54 bits per heavy atom. The number of hydrogen-bond donors (Lipinski definition) is 2. The van der Waals surface area contributed by atoms with Crippen molar-refractivity contribution in [1.29, 1.82) is 0 Å². The molecule has 1 aromatic rings. The van der Waals surface area contributed by atoms with Crippen molar-refractivity contribution < 1.29 is 4.79 Å². The minimum atomic E-state index is -0.0568. The molecule has 9 nitrogen and oxygen atoms in total. The largest absolute Gasteiger partial charge is 0.404 e. The van der Waals surface area contributed by atoms with Gasteiger partial charge in [0.2, 0.25) is 0 Å². The second-order valence-electron chi connectivity index (χ2n) is 11.4. The Labute approximate surface area is 234 Å². The van der Waals surface area contributed by atoms with Crippen LogP contribution >= 0.6 is 0 Å². The first-order valence-electron chi connectivity index (χ1n) is 14.4. The van der Waals surface area contributed by atoms with E-state index >= 15 is 0 Å². The molecule has 9 heteroatoms. The molecule has 0 bridgehead atoms. The zero-order valence-corrected chi connectivity index (χ0v) is 24.2. The van der Waals surface area contributed by atoms with E-state index in [2.05, 4.69) is 51.5 Å². The smallest absolute Gasteiger partial charge is 0.270 e. The van der Waals surface area contributed by atoms with E-state index in [0.29, 0.717) is 23.2 Å². The van der Waals surface area contributed by atoms with Crippen LogP contribution < -0.4 is 16.0 Å². The number of rotatable bonds is 10. The van der Waals surface area contributed by atoms with Crippen molar-refractivity contribution in [2.45, 2.75) is 58.4 Å². The fourth-order valence-electron chi connectivity index (χ4n) is 5.61. The fourth-order valence-corrected chi connectivity index (χ4v) is 5.61. The molecule has 3 aliphatic rings. The summed E-state index contributed by atoms with van der Waals surface area (Å²) in [6.45, 7) is 14.1. The fraction of sp³-hybridized carbons (Fsp3) is 0.567. The average Bonchev–Trinajstić information content (AvgIpc) is 3.57. The van der Waals surface area contributed by atoms with E-state index in [0.717, 1.165) is 69.0 Å². The third-order valence-electron chi connectivity index (χ3n) is 7.79. The molecule has 1 saturated heterocycles. The van der Waals surface area contributed by atoms with Crippen molar-refractivity contribution in [3.63, 3.8) is 0 Å². The molecule has 212 valence electrons. The highest BCUT2D eigenvalue weighted by Gasteiger charge is 2.37. The zero-order valence-electron chi connectivity index (χ0n) is 24.2. The zero-order chi connectivity index (χ0) is 27.9. The third kappa shape index (κ3) is 7.20. The van der Waals surface area contributed by atoms with E-state index in [1.54, 1.807) is 19.0 Å². The van der Waals surface area contributed by atoms with E-state index in [-0.39, 0.29) is 11.9 Å². The molecule has 1 aromatic heterocycles. The molecule has 1 aliphatic carbocycles. The molecular weight excluding hydrogens is 488 g/mol. The second kappa shape index (κ2) is 13.2. The Morgan fingerprint density at radius 2 is 1.95 bits per heavy atom. The molecule has 1 amide bonds. The number of carbonyl (C=O) groups is 1. The summed E-state index contributed by atoms with van der Waals surface area (Å²) in [5.41, 5.74) is 8.44. The number of carbonyl (C=O) groups excluding carboxylic acids is 1. The van der Waals surface area contributed by atoms with Crippen molar-refractivity contribution >= 4 is 23.2 Å². The highest BCUT2D eigenvalue weighted by atomic mass is 16.2. The first-order valence-corrected chi connectivity index (χ1v) is 14.4. The molecule has 0 spiro atoms. The standard InChI is InChI=1S/C30H46N8O/c1-22(2)9-8-14-36-15-17-37(18-16-36)26-12-13-28(32-21-26)33-23(3)34-29-24(20-31)19-27(30(39)35(4)5)38(29)25-10-6-7-11-25/h12-13,19-22,25H,3,6-11,14-18,31H2,1-2,4-5H3,(H,32,33)/b24-20-,34-29+. The third-order valence-corrected chi connectivity index (χ3v) is 7.79. The summed E-state index contributed by atoms with van der Waals surface area (Å²) < 4.78 is 0. The van der Waals surface area contributed by atoms with Crippen molar-refractivity contribution in [3.05, 3.63) is 54.3 Å². The second-order valence-corrected chi connectivity index (χ2v) is 11.4. The quantitative estimate of drug-likeness (QED) is 0.469. The van der Waals surface area contributed by atoms with Crippen molar-refractivity contribution in [1.82, 2.24) is 19.7 Å². The molecule has 4 rings (SSSR count). The van der Waals surface area contributed by atoms with Crippen molar-refractivity contribution in [2.24, 2.45) is 16.6 Å². The van der Waals surface area contributed by atoms with Gasteiger partial charge in [-0.15, -0.1) is 0 Å². The topological polar surface area (TPSA) is 93.3 Å². The van der Waals surface area contributed by atoms with Gasteiger partial charge in [-0.3, -0.25) is 9.69 Å². The molecule has 39 heavy (non-hydrogen) atoms. The SMILES string of the molecule is C=C(/N=C1\C(=C/N)C=C(C(=O)N(C)C)N1C1CCCC1)Nc1ccc(N2CCN(CCCC(C)C)CC2)cn1. The van der Waals surface area contributed by atoms with Crippen LogP contribution in [0.15, 0.2) is 59.3 Å². The van der Waals surface area contributed by atoms with E-state index in [1.807, 2.05) is 18.3 Å². The number of aliphatic imine (C=N–C) groups is 1. The summed E-state index contributed by atoms with van der Waals surface area (Å²) in [6.07, 6.45) is 12.2. The summed E-state index contributed by atoms with van der Waals surface area (Å²) in [5, 5.41) is 3.23. The average molecular weight is 535 g/mol. The number of nitrogens with two attached hydrogens (primary N) is 1. The predicted octanol–water partition coefficient (Wildman–Crippen LogP) is 3.99. The molecule has 0 radical (unpaired) electrons. The maximum atomic E-state index is 13.0. The van der Waals surface area contributed by atoms with Gasteiger partial charge in [-0.05, 0) is 56.4 Å². The van der Waals surface area contributed by atoms with E-state index < -0.39 is 0 Å². The minimum absolute atomic E-state index is 0.0568. The normalized spacial score (nSPS) is 20.8. The van der Waals surface area contributed by atoms with Gasteiger partial charge in [0.05, 0.1) is 11.9 Å². The highest BCUT2D eigenvalue weighted by Crippen LogP contribution is 2.34. The van der Waals surface area contributed by atoms with Crippen LogP contribution in [0.3, 0.4) is 0 Å². The van der Waals surface area contributed by atoms with Gasteiger partial charge >= 0.3 is 0 Å². The first kappa shape index (κ1) is 28.7. The van der Waals surface area contributed by atoms with Gasteiger partial charge in [-0.25, -0.2) is 9.98 Å². The Bertz CT molecular complexity index is 1090. The molecule has 3 heterocycles. The number of amidine groups is 1. The predicted molar refractivity (Wildman–Crippen MR) is 160 cm³/mol. The molecule has 0 atom stereocenters. The lowest BCUT2D eigenvalue weighted by atomic mass is 10.1. The molecule has 1 saturated carbocycles. The Kier molecular flexibility index (Phi) is 9.67. The number of hydrogen-bond acceptors (Lipinski definition) is 7. The summed E-state index contributed by atoms with van der Waals surface area (Å²) >= 11 is 0. The van der Waals surface area contributed by atoms with Crippen LogP contribution in [0.4, 0.5) is 11.5 Å². The molecule has 0 aromatic carbocycles. The lowest BCUT2D eigenvalue weighted by Gasteiger charge is -2.36. The van der Waals surface area contributed by atoms with Crippen LogP contribution in [0, 0.1) is 5.92 Å². The Hall–Kier alpha value is -3.33. The van der Waals surface area contributed by atoms with E-state index in [1.165, 1.54) is 25.6 Å². The number of amides is 1. The summed E-state index contributed by atoms with van der Waals surface area (Å²) in [4.78, 5) is 31.0. The van der Waals surface area contributed by atoms with Gasteiger partial charge in [0, 0.05) is 58.1 Å². The first-order chi connectivity index (χ1) is 18.8. The van der Waals surface area contributed by atoms with Crippen molar-refractivity contribution in [3.8, 4) is 0 Å². The number of pyridine rings is 1. The lowest BCUT2D eigenvalue weighted by Crippen LogP contribution is -2.46. The molecule has 3 N–H and O–H groups in total. The summed E-state index contributed by atoms with van der Waals surface area (Å²) in [7, 11) is 3.53. The van der Waals surface area contributed by atoms with Gasteiger partial charge in [0.15, 0.2) is 0 Å². The van der Waals surface area contributed by atoms with Gasteiger partial charge < -0.3 is 25.8 Å². The maximum Gasteiger partial charge on any atom is 0.270 e. The lowest BCUT2D eigenvalue weighted by molar-refractivity contribution is -0.126. The summed E-state index contributed by atoms with van der Waals surface area (Å²) in [5.74, 6) is 2.52. The number of likely N-dealkylation sites (N-methyl/N-ethyl adjacent to an activating group) is 1. The van der Waals surface area contributed by atoms with Crippen LogP contribution in [-0.2, 0) is 4.79 Å². The van der Waals surface area contributed by atoms with Crippen molar-refractivity contribution in [2.75, 3.05) is 57.0 Å². The number of aromatic nitrogens is 1. The monoisotopic (exact) mass is 534 g/mol. The Balaban J connectivity index is 1.39. The molecular formula is C30H46N8O. The number of anilines is 2. The van der Waals surface area contributed by atoms with E-state index in [4.69, 9.17) is 10.7 Å². The number of piperazine rings is 1. The van der Waals surface area contributed by atoms with Gasteiger partial charge in [-0.1, -0.05) is 33.3 Å². The molecule has 2 aliphatic heterocycles. The van der Waals surface area contributed by atoms with Gasteiger partial charge in [0.25, 0.3) is 5.91 Å². The van der Waals surface area contributed by atoms with E-state index in [9.17, 15) is 4.79 Å². The number of nitrogens with one attached hydrogen (secondary N) is 1. The highest BCUT2D eigenvalue weighted by molar-refractivity contribution is 6.12.